The van der Waals surface area contributed by atoms with Crippen molar-refractivity contribution in [2.24, 2.45) is 11.3 Å². The van der Waals surface area contributed by atoms with Crippen LogP contribution in [0.3, 0.4) is 0 Å². The summed E-state index contributed by atoms with van der Waals surface area (Å²) in [6.07, 6.45) is 4.64. The average Bonchev–Trinajstić information content (AvgIpc) is 3.69. The van der Waals surface area contributed by atoms with E-state index in [9.17, 15) is 33.6 Å². The van der Waals surface area contributed by atoms with Gasteiger partial charge in [0.1, 0.15) is 18.1 Å². The summed E-state index contributed by atoms with van der Waals surface area (Å²) in [6.45, 7) is 8.69. The number of carbonyl (C=O) groups is 7. The van der Waals surface area contributed by atoms with E-state index in [1.54, 1.807) is 11.8 Å². The van der Waals surface area contributed by atoms with Crippen molar-refractivity contribution in [1.29, 1.82) is 0 Å². The molecule has 5 N–H and O–H groups in total. The highest BCUT2D eigenvalue weighted by Gasteiger charge is 2.51. The molecular formula is C35H50N6O7S. The van der Waals surface area contributed by atoms with Crippen molar-refractivity contribution >= 4 is 52.3 Å². The van der Waals surface area contributed by atoms with Crippen LogP contribution in [0.1, 0.15) is 91.2 Å². The molecule has 2 heterocycles. The van der Waals surface area contributed by atoms with Crippen molar-refractivity contribution in [2.45, 2.75) is 116 Å². The second kappa shape index (κ2) is 16.6. The topological polar surface area (TPSA) is 183 Å². The van der Waals surface area contributed by atoms with Crippen molar-refractivity contribution in [3.63, 3.8) is 0 Å². The number of benzene rings is 1. The third-order valence-corrected chi connectivity index (χ3v) is 10.4. The summed E-state index contributed by atoms with van der Waals surface area (Å²) in [5.41, 5.74) is 0.0844. The molecule has 1 aromatic rings. The number of likely N-dealkylation sites (tertiary alicyclic amines) is 1. The van der Waals surface area contributed by atoms with Crippen molar-refractivity contribution in [3.8, 4) is 0 Å². The van der Waals surface area contributed by atoms with E-state index in [0.717, 1.165) is 36.6 Å². The van der Waals surface area contributed by atoms with Gasteiger partial charge >= 0.3 is 0 Å². The Hall–Kier alpha value is -3.94. The van der Waals surface area contributed by atoms with Gasteiger partial charge in [-0.3, -0.25) is 33.6 Å². The Morgan fingerprint density at radius 1 is 0.980 bits per heavy atom. The highest BCUT2D eigenvalue weighted by Crippen LogP contribution is 2.41. The second-order valence-corrected chi connectivity index (χ2v) is 15.3. The first-order chi connectivity index (χ1) is 23.2. The minimum Gasteiger partial charge on any atom is -0.345 e. The van der Waals surface area contributed by atoms with Crippen molar-refractivity contribution in [3.05, 3.63) is 35.9 Å². The van der Waals surface area contributed by atoms with E-state index < -0.39 is 77.5 Å². The molecule has 1 aliphatic carbocycles. The van der Waals surface area contributed by atoms with Crippen LogP contribution >= 0.6 is 11.8 Å². The third kappa shape index (κ3) is 9.61. The lowest BCUT2D eigenvalue weighted by molar-refractivity contribution is -0.147. The number of fused-ring (bicyclic) bond motifs is 1. The van der Waals surface area contributed by atoms with Crippen LogP contribution in [0.2, 0.25) is 0 Å². The summed E-state index contributed by atoms with van der Waals surface area (Å²) in [7, 11) is 0. The molecule has 2 saturated heterocycles. The number of nitrogens with zero attached hydrogens (tertiary/aromatic N) is 1. The molecule has 49 heavy (non-hydrogen) atoms. The summed E-state index contributed by atoms with van der Waals surface area (Å²) in [5.74, 6) is -3.17. The molecule has 13 nitrogen and oxygen atoms in total. The lowest BCUT2D eigenvalue weighted by Crippen LogP contribution is -2.61. The molecule has 0 bridgehead atoms. The molecule has 3 fully saturated rings. The summed E-state index contributed by atoms with van der Waals surface area (Å²) in [5, 5.41) is 13.1. The smallest absolute Gasteiger partial charge is 0.290 e. The molecule has 0 aromatic heterocycles. The van der Waals surface area contributed by atoms with Crippen LogP contribution in [0.4, 0.5) is 4.79 Å². The van der Waals surface area contributed by atoms with Crippen LogP contribution in [-0.4, -0.2) is 88.0 Å². The largest absolute Gasteiger partial charge is 0.345 e. The van der Waals surface area contributed by atoms with Crippen molar-refractivity contribution in [2.75, 3.05) is 12.3 Å². The van der Waals surface area contributed by atoms with Crippen LogP contribution in [-0.2, 0) is 28.8 Å². The molecule has 6 amide bonds. The van der Waals surface area contributed by atoms with E-state index in [1.165, 1.54) is 0 Å². The van der Waals surface area contributed by atoms with E-state index in [1.807, 2.05) is 58.0 Å². The highest BCUT2D eigenvalue weighted by atomic mass is 32.2. The number of nitrogens with one attached hydrogen (secondary N) is 5. The van der Waals surface area contributed by atoms with E-state index in [-0.39, 0.29) is 29.4 Å². The Morgan fingerprint density at radius 3 is 2.31 bits per heavy atom. The first-order valence-electron chi connectivity index (χ1n) is 17.2. The normalized spacial score (nSPS) is 23.7. The van der Waals surface area contributed by atoms with Crippen molar-refractivity contribution < 1.29 is 33.6 Å². The quantitative estimate of drug-likeness (QED) is 0.195. The maximum atomic E-state index is 14.5. The highest BCUT2D eigenvalue weighted by molar-refractivity contribution is 8.14. The number of thioether (sulfide) groups is 1. The zero-order valence-electron chi connectivity index (χ0n) is 29.0. The fraction of sp³-hybridized carbons (Fsp3) is 0.629. The molecule has 14 heteroatoms. The monoisotopic (exact) mass is 698 g/mol. The molecule has 4 rings (SSSR count). The Kier molecular flexibility index (Phi) is 12.9. The van der Waals surface area contributed by atoms with Gasteiger partial charge < -0.3 is 31.5 Å². The van der Waals surface area contributed by atoms with Gasteiger partial charge in [0.15, 0.2) is 0 Å². The summed E-state index contributed by atoms with van der Waals surface area (Å²) in [6, 6.07) is 4.92. The number of rotatable bonds is 13. The first kappa shape index (κ1) is 37.9. The zero-order valence-corrected chi connectivity index (χ0v) is 29.8. The van der Waals surface area contributed by atoms with E-state index in [2.05, 4.69) is 26.6 Å². The van der Waals surface area contributed by atoms with Crippen molar-refractivity contribution in [1.82, 2.24) is 31.5 Å². The molecule has 1 saturated carbocycles. The van der Waals surface area contributed by atoms with E-state index >= 15 is 0 Å². The number of Topliss-reactive ketones (excluding diaryl/α,β-unsaturated/α-hetero) is 1. The fourth-order valence-corrected chi connectivity index (χ4v) is 7.69. The van der Waals surface area contributed by atoms with Crippen LogP contribution in [0, 0.1) is 11.3 Å². The van der Waals surface area contributed by atoms with Crippen LogP contribution in [0.15, 0.2) is 30.3 Å². The van der Waals surface area contributed by atoms with Crippen LogP contribution < -0.4 is 26.6 Å². The lowest BCUT2D eigenvalue weighted by atomic mass is 9.83. The first-order valence-corrected chi connectivity index (χ1v) is 18.2. The minimum absolute atomic E-state index is 0.0823. The maximum absolute atomic E-state index is 14.5. The SMILES string of the molecule is CCCC(NC(=O)[C@@H]1CC2CCCCC2N1C(=O)[C@@H](NC(=O)CNC(=O)C1CSC(=O)N1)C(C)(C)C)C(=O)C(=O)N[C@@H](C)c1ccccc1. The van der Waals surface area contributed by atoms with Gasteiger partial charge in [0.25, 0.3) is 11.1 Å². The Labute approximate surface area is 292 Å². The van der Waals surface area contributed by atoms with Crippen LogP contribution in [0.5, 0.6) is 0 Å². The summed E-state index contributed by atoms with van der Waals surface area (Å²) >= 11 is 0.989. The molecule has 7 atom stereocenters. The van der Waals surface area contributed by atoms with Gasteiger partial charge in [-0.05, 0) is 49.5 Å². The number of carbonyl (C=O) groups excluding carboxylic acids is 7. The van der Waals surface area contributed by atoms with Crippen LogP contribution in [0.25, 0.3) is 0 Å². The second-order valence-electron chi connectivity index (χ2n) is 14.3. The van der Waals surface area contributed by atoms with Gasteiger partial charge in [0.2, 0.25) is 29.4 Å². The number of ketones is 1. The zero-order chi connectivity index (χ0) is 35.9. The van der Waals surface area contributed by atoms with Gasteiger partial charge in [-0.1, -0.05) is 89.1 Å². The molecule has 268 valence electrons. The summed E-state index contributed by atoms with van der Waals surface area (Å²) < 4.78 is 0. The fourth-order valence-electron chi connectivity index (χ4n) is 6.91. The number of amides is 6. The van der Waals surface area contributed by atoms with Gasteiger partial charge in [-0.2, -0.15) is 0 Å². The predicted octanol–water partition coefficient (Wildman–Crippen LogP) is 2.35. The number of hydrogen-bond acceptors (Lipinski definition) is 8. The lowest BCUT2D eigenvalue weighted by Gasteiger charge is -2.39. The minimum atomic E-state index is -1.06. The molecule has 0 radical (unpaired) electrons. The van der Waals surface area contributed by atoms with Gasteiger partial charge in [0.05, 0.1) is 18.6 Å². The summed E-state index contributed by atoms with van der Waals surface area (Å²) in [4.78, 5) is 93.5. The molecule has 2 aliphatic heterocycles. The van der Waals surface area contributed by atoms with Gasteiger partial charge in [-0.25, -0.2) is 0 Å². The molecule has 4 unspecified atom stereocenters. The molecule has 3 aliphatic rings. The van der Waals surface area contributed by atoms with Gasteiger partial charge in [-0.15, -0.1) is 0 Å². The Bertz CT molecular complexity index is 1420. The molecule has 0 spiro atoms. The Morgan fingerprint density at radius 2 is 1.67 bits per heavy atom. The maximum Gasteiger partial charge on any atom is 0.290 e. The standard InChI is InChI=1S/C35H50N6O7S/c1-6-12-23(28(43)32(46)37-20(2)21-13-8-7-9-14-21)38-31(45)26-17-22-15-10-11-16-25(22)41(26)33(47)29(35(3,4)5)40-27(42)18-36-30(44)24-19-49-34(48)39-24/h7-9,13-14,20,22-26,29H,6,10-12,15-19H2,1-5H3,(H,36,44)(H,37,46)(H,38,45)(H,39,48)(H,40,42)/t20-,22?,23?,24?,25?,26-,29+/m0/s1. The molecule has 1 aromatic carbocycles. The predicted molar refractivity (Wildman–Crippen MR) is 185 cm³/mol. The Balaban J connectivity index is 1.48. The van der Waals surface area contributed by atoms with E-state index in [0.29, 0.717) is 19.3 Å². The number of hydrogen-bond donors (Lipinski definition) is 5. The van der Waals surface area contributed by atoms with Gasteiger partial charge in [0, 0.05) is 11.8 Å². The molecular weight excluding hydrogens is 648 g/mol. The third-order valence-electron chi connectivity index (χ3n) is 9.56. The average molecular weight is 699 g/mol. The van der Waals surface area contributed by atoms with E-state index in [4.69, 9.17) is 0 Å².